The molecule has 1 aliphatic heterocycles. The minimum absolute atomic E-state index is 0.0396. The van der Waals surface area contributed by atoms with Crippen LogP contribution in [0.25, 0.3) is 5.69 Å². The van der Waals surface area contributed by atoms with Crippen molar-refractivity contribution in [2.45, 2.75) is 13.3 Å². The lowest BCUT2D eigenvalue weighted by Gasteiger charge is -2.09. The average Bonchev–Trinajstić information content (AvgIpc) is 3.05. The molecule has 0 saturated carbocycles. The second kappa shape index (κ2) is 6.57. The van der Waals surface area contributed by atoms with E-state index < -0.39 is 9.84 Å². The molecule has 0 aliphatic carbocycles. The van der Waals surface area contributed by atoms with Crippen LogP contribution in [0.1, 0.15) is 22.5 Å². The maximum Gasteiger partial charge on any atom is 0.256 e. The van der Waals surface area contributed by atoms with E-state index in [-0.39, 0.29) is 28.5 Å². The summed E-state index contributed by atoms with van der Waals surface area (Å²) in [5.74, 6) is -0.0473. The number of rotatable bonds is 4. The van der Waals surface area contributed by atoms with Crippen LogP contribution in [0.2, 0.25) is 5.15 Å². The van der Waals surface area contributed by atoms with Crippen molar-refractivity contribution < 1.29 is 13.2 Å². The smallest absolute Gasteiger partial charge is 0.256 e. The summed E-state index contributed by atoms with van der Waals surface area (Å²) in [5.41, 5.74) is 1.62. The summed E-state index contributed by atoms with van der Waals surface area (Å²) in [7, 11) is -2.95. The molecule has 1 N–H and O–H groups in total. The summed E-state index contributed by atoms with van der Waals surface area (Å²) in [6.07, 6.45) is 0.582. The monoisotopic (exact) mass is 367 g/mol. The number of benzene rings is 1. The number of nitrogens with zero attached hydrogens (tertiary/aromatic N) is 2. The molecule has 1 saturated heterocycles. The summed E-state index contributed by atoms with van der Waals surface area (Å²) in [6, 6.07) is 9.32. The van der Waals surface area contributed by atoms with Gasteiger partial charge >= 0.3 is 0 Å². The van der Waals surface area contributed by atoms with Crippen molar-refractivity contribution in [2.75, 3.05) is 18.1 Å². The largest absolute Gasteiger partial charge is 0.352 e. The fourth-order valence-electron chi connectivity index (χ4n) is 2.86. The molecule has 128 valence electrons. The van der Waals surface area contributed by atoms with E-state index in [4.69, 9.17) is 11.6 Å². The third-order valence-electron chi connectivity index (χ3n) is 4.11. The lowest BCUT2D eigenvalue weighted by Crippen LogP contribution is -2.30. The van der Waals surface area contributed by atoms with Gasteiger partial charge in [0.25, 0.3) is 5.91 Å². The van der Waals surface area contributed by atoms with Gasteiger partial charge in [0.05, 0.1) is 28.5 Å². The van der Waals surface area contributed by atoms with Gasteiger partial charge in [0.15, 0.2) is 9.84 Å². The molecular formula is C16H18ClN3O3S. The summed E-state index contributed by atoms with van der Waals surface area (Å²) in [4.78, 5) is 12.5. The molecule has 0 bridgehead atoms. The van der Waals surface area contributed by atoms with Crippen molar-refractivity contribution in [1.29, 1.82) is 0 Å². The minimum Gasteiger partial charge on any atom is -0.352 e. The first-order chi connectivity index (χ1) is 11.4. The molecule has 0 radical (unpaired) electrons. The maximum absolute atomic E-state index is 12.5. The van der Waals surface area contributed by atoms with E-state index >= 15 is 0 Å². The van der Waals surface area contributed by atoms with Crippen molar-refractivity contribution in [3.8, 4) is 5.69 Å². The van der Waals surface area contributed by atoms with Crippen LogP contribution in [0.3, 0.4) is 0 Å². The highest BCUT2D eigenvalue weighted by Crippen LogP contribution is 2.24. The number of halogens is 1. The number of carbonyl (C=O) groups excluding carboxylic acids is 1. The molecule has 1 aromatic carbocycles. The third-order valence-corrected chi connectivity index (χ3v) is 6.30. The maximum atomic E-state index is 12.5. The molecule has 1 unspecified atom stereocenters. The molecule has 1 amide bonds. The quantitative estimate of drug-likeness (QED) is 0.896. The van der Waals surface area contributed by atoms with E-state index in [1.54, 1.807) is 6.92 Å². The fourth-order valence-corrected chi connectivity index (χ4v) is 5.08. The van der Waals surface area contributed by atoms with Crippen LogP contribution in [0, 0.1) is 12.8 Å². The molecule has 6 nitrogen and oxygen atoms in total. The van der Waals surface area contributed by atoms with Crippen LogP contribution < -0.4 is 5.32 Å². The number of sulfone groups is 1. The third kappa shape index (κ3) is 3.47. The second-order valence-corrected chi connectivity index (χ2v) is 8.56. The lowest BCUT2D eigenvalue weighted by molar-refractivity contribution is 0.0948. The molecule has 1 aromatic heterocycles. The van der Waals surface area contributed by atoms with E-state index in [9.17, 15) is 13.2 Å². The number of nitrogens with one attached hydrogen (secondary N) is 1. The van der Waals surface area contributed by atoms with Gasteiger partial charge in [0.2, 0.25) is 0 Å². The van der Waals surface area contributed by atoms with E-state index in [0.717, 1.165) is 5.69 Å². The van der Waals surface area contributed by atoms with Crippen LogP contribution >= 0.6 is 11.6 Å². The highest BCUT2D eigenvalue weighted by atomic mass is 35.5. The first kappa shape index (κ1) is 17.0. The number of hydrogen-bond donors (Lipinski definition) is 1. The van der Waals surface area contributed by atoms with Gasteiger partial charge in [-0.25, -0.2) is 13.1 Å². The molecule has 3 rings (SSSR count). The van der Waals surface area contributed by atoms with Crippen LogP contribution in [-0.2, 0) is 9.84 Å². The van der Waals surface area contributed by atoms with Crippen molar-refractivity contribution >= 4 is 27.3 Å². The van der Waals surface area contributed by atoms with Crippen molar-refractivity contribution in [1.82, 2.24) is 15.1 Å². The molecule has 1 aliphatic rings. The molecule has 1 atom stereocenters. The molecule has 24 heavy (non-hydrogen) atoms. The number of amides is 1. The van der Waals surface area contributed by atoms with Gasteiger partial charge in [-0.15, -0.1) is 0 Å². The SMILES string of the molecule is Cc1nn(-c2ccccc2)c(Cl)c1C(=O)NCC1CCS(=O)(=O)C1. The Bertz CT molecular complexity index is 862. The zero-order valence-electron chi connectivity index (χ0n) is 13.2. The Morgan fingerprint density at radius 2 is 2.08 bits per heavy atom. The highest BCUT2D eigenvalue weighted by molar-refractivity contribution is 7.91. The van der Waals surface area contributed by atoms with Gasteiger partial charge in [-0.2, -0.15) is 5.10 Å². The van der Waals surface area contributed by atoms with E-state index in [1.807, 2.05) is 30.3 Å². The number of carbonyl (C=O) groups is 1. The van der Waals surface area contributed by atoms with Crippen LogP contribution in [0.4, 0.5) is 0 Å². The van der Waals surface area contributed by atoms with E-state index in [0.29, 0.717) is 24.2 Å². The Morgan fingerprint density at radius 3 is 2.71 bits per heavy atom. The molecular weight excluding hydrogens is 350 g/mol. The zero-order valence-corrected chi connectivity index (χ0v) is 14.8. The van der Waals surface area contributed by atoms with Gasteiger partial charge < -0.3 is 5.32 Å². The Hall–Kier alpha value is -1.86. The summed E-state index contributed by atoms with van der Waals surface area (Å²) >= 11 is 6.34. The molecule has 2 aromatic rings. The van der Waals surface area contributed by atoms with Crippen LogP contribution in [0.5, 0.6) is 0 Å². The summed E-state index contributed by atoms with van der Waals surface area (Å²) < 4.78 is 24.5. The molecule has 2 heterocycles. The van der Waals surface area contributed by atoms with Gasteiger partial charge in [-0.3, -0.25) is 4.79 Å². The molecule has 8 heteroatoms. The van der Waals surface area contributed by atoms with Gasteiger partial charge in [-0.05, 0) is 31.4 Å². The first-order valence-corrected chi connectivity index (χ1v) is 9.86. The normalized spacial score (nSPS) is 19.3. The highest BCUT2D eigenvalue weighted by Gasteiger charge is 2.29. The predicted molar refractivity (Wildman–Crippen MR) is 92.4 cm³/mol. The van der Waals surface area contributed by atoms with Gasteiger partial charge in [0.1, 0.15) is 5.15 Å². The standard InChI is InChI=1S/C16H18ClN3O3S/c1-11-14(15(17)20(19-11)13-5-3-2-4-6-13)16(21)18-9-12-7-8-24(22,23)10-12/h2-6,12H,7-10H2,1H3,(H,18,21). The fraction of sp³-hybridized carbons (Fsp3) is 0.375. The first-order valence-electron chi connectivity index (χ1n) is 7.66. The Kier molecular flexibility index (Phi) is 4.64. The van der Waals surface area contributed by atoms with E-state index in [2.05, 4.69) is 10.4 Å². The van der Waals surface area contributed by atoms with Gasteiger partial charge in [-0.1, -0.05) is 29.8 Å². The van der Waals surface area contributed by atoms with Gasteiger partial charge in [0, 0.05) is 6.54 Å². The predicted octanol–water partition coefficient (Wildman–Crippen LogP) is 2.00. The Labute approximate surface area is 145 Å². The molecule has 0 spiro atoms. The van der Waals surface area contributed by atoms with Crippen LogP contribution in [-0.4, -0.2) is 42.2 Å². The topological polar surface area (TPSA) is 81.1 Å². The Morgan fingerprint density at radius 1 is 1.38 bits per heavy atom. The number of aromatic nitrogens is 2. The van der Waals surface area contributed by atoms with Crippen molar-refractivity contribution in [3.63, 3.8) is 0 Å². The Balaban J connectivity index is 1.75. The van der Waals surface area contributed by atoms with Crippen molar-refractivity contribution in [3.05, 3.63) is 46.7 Å². The number of para-hydroxylation sites is 1. The summed E-state index contributed by atoms with van der Waals surface area (Å²) in [6.45, 7) is 2.05. The average molecular weight is 368 g/mol. The lowest BCUT2D eigenvalue weighted by atomic mass is 10.1. The van der Waals surface area contributed by atoms with Crippen LogP contribution in [0.15, 0.2) is 30.3 Å². The number of hydrogen-bond acceptors (Lipinski definition) is 4. The zero-order chi connectivity index (χ0) is 17.3. The molecule has 1 fully saturated rings. The summed E-state index contributed by atoms with van der Waals surface area (Å²) in [5, 5.41) is 7.36. The van der Waals surface area contributed by atoms with Crippen molar-refractivity contribution in [2.24, 2.45) is 5.92 Å². The number of aryl methyl sites for hydroxylation is 1. The second-order valence-electron chi connectivity index (χ2n) is 5.98. The minimum atomic E-state index is -2.95. The van der Waals surface area contributed by atoms with E-state index in [1.165, 1.54) is 4.68 Å².